The van der Waals surface area contributed by atoms with E-state index < -0.39 is 0 Å². The number of benzene rings is 2. The van der Waals surface area contributed by atoms with Gasteiger partial charge in [-0.25, -0.2) is 0 Å². The van der Waals surface area contributed by atoms with Crippen molar-refractivity contribution >= 4 is 11.4 Å². The number of fused-ring (bicyclic) bond motifs is 1. The smallest absolute Gasteiger partial charge is 0.0369 e. The topological polar surface area (TPSA) is 12.0 Å². The summed E-state index contributed by atoms with van der Waals surface area (Å²) in [6, 6.07) is 16.0. The van der Waals surface area contributed by atoms with Crippen LogP contribution in [-0.2, 0) is 52.0 Å². The fourth-order valence-electron chi connectivity index (χ4n) is 2.55. The molecule has 0 saturated heterocycles. The van der Waals surface area contributed by atoms with Gasteiger partial charge in [0.1, 0.15) is 0 Å². The van der Waals surface area contributed by atoms with Crippen LogP contribution in [0, 0.1) is 13.0 Å². The molecule has 2 aromatic carbocycles. The molecule has 0 amide bonds. The summed E-state index contributed by atoms with van der Waals surface area (Å²) in [7, 11) is 0. The Bertz CT molecular complexity index is 563. The van der Waals surface area contributed by atoms with Gasteiger partial charge in [0.2, 0.25) is 0 Å². The third kappa shape index (κ3) is 3.46. The second kappa shape index (κ2) is 6.68. The third-order valence-electron chi connectivity index (χ3n) is 3.52. The van der Waals surface area contributed by atoms with Crippen LogP contribution in [0.15, 0.2) is 36.4 Å². The Kier molecular flexibility index (Phi) is 5.18. The maximum absolute atomic E-state index is 3.89. The molecule has 0 fully saturated rings. The van der Waals surface area contributed by atoms with Crippen molar-refractivity contribution in [2.45, 2.75) is 25.7 Å². The van der Waals surface area contributed by atoms with Crippen molar-refractivity contribution in [3.8, 4) is 0 Å². The molecule has 0 unspecified atom stereocenters. The molecule has 0 bridgehead atoms. The van der Waals surface area contributed by atoms with Crippen molar-refractivity contribution in [2.24, 2.45) is 0 Å². The fourth-order valence-corrected chi connectivity index (χ4v) is 2.55. The summed E-state index contributed by atoms with van der Waals surface area (Å²) < 4.78 is 0. The summed E-state index contributed by atoms with van der Waals surface area (Å²) in [5, 5.41) is 3.46. The van der Waals surface area contributed by atoms with Gasteiger partial charge >= 0.3 is 0 Å². The number of anilines is 2. The predicted octanol–water partition coefficient (Wildman–Crippen LogP) is 4.09. The molecule has 0 aromatic heterocycles. The van der Waals surface area contributed by atoms with Crippen molar-refractivity contribution in [1.82, 2.24) is 0 Å². The molecule has 95 valence electrons. The molecule has 0 aliphatic heterocycles. The van der Waals surface area contributed by atoms with Gasteiger partial charge < -0.3 is 12.2 Å². The average Bonchev–Trinajstić information content (AvgIpc) is 2.86. The molecule has 1 N–H and O–H groups in total. The number of hydrogen-bond donors (Lipinski definition) is 1. The van der Waals surface area contributed by atoms with E-state index >= 15 is 0 Å². The first-order valence-electron chi connectivity index (χ1n) is 6.54. The molecule has 0 heterocycles. The normalized spacial score (nSPS) is 12.7. The van der Waals surface area contributed by atoms with Crippen LogP contribution in [0.2, 0.25) is 0 Å². The fraction of sp³-hybridized carbons (Fsp3) is 0.235. The van der Waals surface area contributed by atoms with Gasteiger partial charge in [-0.3, -0.25) is 0 Å². The van der Waals surface area contributed by atoms with Gasteiger partial charge in [-0.2, -0.15) is 24.1 Å². The molecular weight excluding hydrogens is 307 g/mol. The van der Waals surface area contributed by atoms with Gasteiger partial charge in [-0.05, 0) is 42.5 Å². The van der Waals surface area contributed by atoms with E-state index in [2.05, 4.69) is 42.6 Å². The van der Waals surface area contributed by atoms with Crippen molar-refractivity contribution in [1.29, 1.82) is 0 Å². The zero-order chi connectivity index (χ0) is 12.4. The van der Waals surface area contributed by atoms with Crippen LogP contribution in [0.1, 0.15) is 23.1 Å². The molecule has 0 saturated carbocycles. The summed E-state index contributed by atoms with van der Waals surface area (Å²) in [6.45, 7) is 3.89. The van der Waals surface area contributed by atoms with Gasteiger partial charge in [-0.15, -0.1) is 12.1 Å². The van der Waals surface area contributed by atoms with Gasteiger partial charge in [0.25, 0.3) is 0 Å². The minimum Gasteiger partial charge on any atom is -0.378 e. The molecule has 0 spiro atoms. The van der Waals surface area contributed by atoms with Crippen LogP contribution in [0.4, 0.5) is 11.4 Å². The molecule has 1 aliphatic rings. The maximum Gasteiger partial charge on any atom is 0.0369 e. The molecule has 2 aromatic rings. The number of hydrogen-bond acceptors (Lipinski definition) is 1. The average molecular weight is 324 g/mol. The SMILES string of the molecule is [CH2-]Cc1[c-]ccc(Nc2ccc3c(c2)CCC3)c1.[Y]. The van der Waals surface area contributed by atoms with Crippen molar-refractivity contribution in [2.75, 3.05) is 5.32 Å². The quantitative estimate of drug-likeness (QED) is 0.839. The molecule has 0 atom stereocenters. The van der Waals surface area contributed by atoms with Gasteiger partial charge in [0, 0.05) is 38.4 Å². The molecule has 19 heavy (non-hydrogen) atoms. The minimum atomic E-state index is 0. The number of rotatable bonds is 3. The van der Waals surface area contributed by atoms with E-state index in [9.17, 15) is 0 Å². The third-order valence-corrected chi connectivity index (χ3v) is 3.52. The van der Waals surface area contributed by atoms with E-state index in [0.717, 1.165) is 17.7 Å². The van der Waals surface area contributed by atoms with Gasteiger partial charge in [0.05, 0.1) is 0 Å². The number of aryl methyl sites for hydroxylation is 2. The second-order valence-electron chi connectivity index (χ2n) is 4.81. The van der Waals surface area contributed by atoms with Crippen LogP contribution in [0.25, 0.3) is 0 Å². The van der Waals surface area contributed by atoms with Crippen LogP contribution >= 0.6 is 0 Å². The summed E-state index contributed by atoms with van der Waals surface area (Å²) in [6.07, 6.45) is 4.53. The van der Waals surface area contributed by atoms with Gasteiger partial charge in [-0.1, -0.05) is 11.8 Å². The van der Waals surface area contributed by atoms with E-state index in [4.69, 9.17) is 0 Å². The van der Waals surface area contributed by atoms with Gasteiger partial charge in [0.15, 0.2) is 0 Å². The Morgan fingerprint density at radius 1 is 1.05 bits per heavy atom. The van der Waals surface area contributed by atoms with Crippen LogP contribution in [0.5, 0.6) is 0 Å². The zero-order valence-corrected chi connectivity index (χ0v) is 13.9. The molecule has 3 rings (SSSR count). The predicted molar refractivity (Wildman–Crippen MR) is 76.1 cm³/mol. The standard InChI is InChI=1S/C17H17N.Y/c1-2-13-5-3-8-16(11-13)18-17-10-9-14-6-4-7-15(14)12-17;/h3,8-12,18H,1-2,4,6-7H2;/q-2;. The van der Waals surface area contributed by atoms with E-state index in [1.165, 1.54) is 36.1 Å². The van der Waals surface area contributed by atoms with E-state index in [-0.39, 0.29) is 32.7 Å². The first-order valence-corrected chi connectivity index (χ1v) is 6.54. The van der Waals surface area contributed by atoms with Crippen molar-refractivity contribution < 1.29 is 32.7 Å². The Hall–Kier alpha value is -0.656. The van der Waals surface area contributed by atoms with Crippen LogP contribution in [0.3, 0.4) is 0 Å². The minimum absolute atomic E-state index is 0. The first kappa shape index (κ1) is 14.7. The van der Waals surface area contributed by atoms with Crippen LogP contribution in [-0.4, -0.2) is 0 Å². The summed E-state index contributed by atoms with van der Waals surface area (Å²) in [5.41, 5.74) is 6.45. The Morgan fingerprint density at radius 3 is 2.68 bits per heavy atom. The van der Waals surface area contributed by atoms with E-state index in [1.807, 2.05) is 12.1 Å². The Labute approximate surface area is 140 Å². The monoisotopic (exact) mass is 324 g/mol. The zero-order valence-electron chi connectivity index (χ0n) is 11.1. The molecule has 1 aliphatic carbocycles. The Morgan fingerprint density at radius 2 is 1.84 bits per heavy atom. The number of nitrogens with one attached hydrogen (secondary N) is 1. The molecule has 1 radical (unpaired) electrons. The Balaban J connectivity index is 0.00000133. The van der Waals surface area contributed by atoms with Crippen molar-refractivity contribution in [3.63, 3.8) is 0 Å². The molecule has 2 heteroatoms. The maximum atomic E-state index is 3.89. The summed E-state index contributed by atoms with van der Waals surface area (Å²) in [4.78, 5) is 0. The van der Waals surface area contributed by atoms with E-state index in [1.54, 1.807) is 0 Å². The van der Waals surface area contributed by atoms with E-state index in [0.29, 0.717) is 0 Å². The van der Waals surface area contributed by atoms with Crippen molar-refractivity contribution in [3.05, 3.63) is 66.1 Å². The molecule has 1 nitrogen and oxygen atoms in total. The summed E-state index contributed by atoms with van der Waals surface area (Å²) in [5.74, 6) is 0. The largest absolute Gasteiger partial charge is 0.378 e. The molecular formula is C17H17NY-2. The first-order chi connectivity index (χ1) is 8.85. The summed E-state index contributed by atoms with van der Waals surface area (Å²) >= 11 is 0. The second-order valence-corrected chi connectivity index (χ2v) is 4.81. The van der Waals surface area contributed by atoms with Crippen LogP contribution < -0.4 is 5.32 Å².